The number of carbonyl (C=O) groups is 6. The number of esters is 1. The molecule has 1 aromatic rings. The first-order valence-electron chi connectivity index (χ1n) is 20.6. The number of fused-ring (bicyclic) bond motifs is 1. The van der Waals surface area contributed by atoms with Crippen LogP contribution in [0.5, 0.6) is 5.75 Å². The van der Waals surface area contributed by atoms with E-state index in [-0.39, 0.29) is 49.5 Å². The summed E-state index contributed by atoms with van der Waals surface area (Å²) in [5.74, 6) is -3.06. The van der Waals surface area contributed by atoms with E-state index in [0.717, 1.165) is 5.56 Å². The SMILES string of the molecule is CC[C@H](C)[C@H]1C(=O)N2CCC[C@H]2C(=O)O[C@H](C(C)(C)C)C[C@@H](C)C[C@H](O)[C@H](C)C(=O)NCCCC(=O)N[C@@H](Cc2ccc(OC)cc2)C(=O)N(C)[C@@H](C)C(=O)N1C. The summed E-state index contributed by atoms with van der Waals surface area (Å²) in [6, 6.07) is 3.33. The monoisotopic (exact) mass is 800 g/mol. The number of nitrogens with zero attached hydrogens (tertiary/aromatic N) is 3. The molecule has 2 heterocycles. The molecule has 3 rings (SSSR count). The van der Waals surface area contributed by atoms with Crippen LogP contribution in [0.3, 0.4) is 0 Å². The summed E-state index contributed by atoms with van der Waals surface area (Å²) in [5.41, 5.74) is 0.299. The van der Waals surface area contributed by atoms with Crippen LogP contribution in [0, 0.1) is 23.2 Å². The minimum atomic E-state index is -1.03. The molecule has 9 atom stereocenters. The maximum Gasteiger partial charge on any atom is 0.329 e. The third kappa shape index (κ3) is 12.6. The van der Waals surface area contributed by atoms with Gasteiger partial charge in [-0.25, -0.2) is 4.79 Å². The van der Waals surface area contributed by atoms with Crippen molar-refractivity contribution in [1.29, 1.82) is 0 Å². The number of aliphatic hydroxyl groups excluding tert-OH is 1. The zero-order valence-electron chi connectivity index (χ0n) is 36.1. The molecule has 0 unspecified atom stereocenters. The standard InChI is InChI=1S/C43H69N5O9/c1-12-27(3)37-41(54)48-22-14-15-33(48)42(55)57-35(43(6,7)8)24-26(2)23-34(49)28(4)38(51)44-21-13-16-36(50)45-32(25-30-17-19-31(56-11)20-18-30)40(53)46(9)29(5)39(52)47(37)10/h17-20,26-29,32-35,37,49H,12-16,21-25H2,1-11H3,(H,44,51)(H,45,50)/t26-,27-,28-,29-,32-,33-,34-,35-,37-/m0/s1. The van der Waals surface area contributed by atoms with Crippen molar-refractivity contribution < 1.29 is 43.3 Å². The van der Waals surface area contributed by atoms with E-state index in [4.69, 9.17) is 9.47 Å². The highest BCUT2D eigenvalue weighted by molar-refractivity contribution is 5.95. The number of amides is 5. The maximum atomic E-state index is 14.5. The van der Waals surface area contributed by atoms with Gasteiger partial charge in [-0.1, -0.05) is 67.0 Å². The van der Waals surface area contributed by atoms with Gasteiger partial charge in [0.2, 0.25) is 29.5 Å². The van der Waals surface area contributed by atoms with Gasteiger partial charge in [0.15, 0.2) is 0 Å². The Hall–Kier alpha value is -4.20. The number of hydrogen-bond donors (Lipinski definition) is 3. The van der Waals surface area contributed by atoms with Gasteiger partial charge < -0.3 is 39.9 Å². The van der Waals surface area contributed by atoms with E-state index in [9.17, 15) is 33.9 Å². The van der Waals surface area contributed by atoms with Crippen molar-refractivity contribution in [2.45, 2.75) is 143 Å². The number of aliphatic hydroxyl groups is 1. The van der Waals surface area contributed by atoms with Crippen molar-refractivity contribution in [1.82, 2.24) is 25.3 Å². The molecule has 2 aliphatic heterocycles. The Labute approximate surface area is 339 Å². The summed E-state index contributed by atoms with van der Waals surface area (Å²) in [6.45, 7) is 15.5. The lowest BCUT2D eigenvalue weighted by Crippen LogP contribution is -2.59. The van der Waals surface area contributed by atoms with E-state index in [2.05, 4.69) is 10.6 Å². The van der Waals surface area contributed by atoms with Gasteiger partial charge in [-0.05, 0) is 74.0 Å². The third-order valence-electron chi connectivity index (χ3n) is 11.9. The highest BCUT2D eigenvalue weighted by atomic mass is 16.5. The van der Waals surface area contributed by atoms with Gasteiger partial charge >= 0.3 is 5.97 Å². The van der Waals surface area contributed by atoms with Crippen LogP contribution in [0.15, 0.2) is 24.3 Å². The van der Waals surface area contributed by atoms with Gasteiger partial charge in [-0.15, -0.1) is 0 Å². The second-order valence-electron chi connectivity index (χ2n) is 17.4. The van der Waals surface area contributed by atoms with Crippen molar-refractivity contribution in [3.05, 3.63) is 29.8 Å². The molecule has 14 nitrogen and oxygen atoms in total. The van der Waals surface area contributed by atoms with Gasteiger partial charge in [0, 0.05) is 40.0 Å². The topological polar surface area (TPSA) is 175 Å². The average molecular weight is 800 g/mol. The molecule has 0 saturated carbocycles. The summed E-state index contributed by atoms with van der Waals surface area (Å²) >= 11 is 0. The third-order valence-corrected chi connectivity index (χ3v) is 11.9. The molecule has 14 heteroatoms. The van der Waals surface area contributed by atoms with Crippen LogP contribution in [0.4, 0.5) is 0 Å². The second kappa shape index (κ2) is 21.0. The van der Waals surface area contributed by atoms with Crippen LogP contribution in [-0.2, 0) is 39.9 Å². The lowest BCUT2D eigenvalue weighted by Gasteiger charge is -2.39. The highest BCUT2D eigenvalue weighted by Gasteiger charge is 2.44. The molecule has 1 aromatic carbocycles. The molecule has 57 heavy (non-hydrogen) atoms. The fraction of sp³-hybridized carbons (Fsp3) is 0.721. The van der Waals surface area contributed by atoms with Crippen LogP contribution in [0.25, 0.3) is 0 Å². The first kappa shape index (κ1) is 47.2. The van der Waals surface area contributed by atoms with Crippen LogP contribution in [0.1, 0.15) is 106 Å². The zero-order chi connectivity index (χ0) is 42.8. The van der Waals surface area contributed by atoms with E-state index >= 15 is 0 Å². The Morgan fingerprint density at radius 1 is 0.930 bits per heavy atom. The molecular weight excluding hydrogens is 730 g/mol. The van der Waals surface area contributed by atoms with E-state index in [1.807, 2.05) is 41.5 Å². The molecule has 3 N–H and O–H groups in total. The van der Waals surface area contributed by atoms with E-state index < -0.39 is 71.4 Å². The first-order valence-corrected chi connectivity index (χ1v) is 20.6. The highest BCUT2D eigenvalue weighted by Crippen LogP contribution is 2.32. The van der Waals surface area contributed by atoms with Crippen LogP contribution in [-0.4, -0.2) is 126 Å². The molecule has 2 fully saturated rings. The normalized spacial score (nSPS) is 29.4. The molecule has 0 aromatic heterocycles. The molecule has 2 saturated heterocycles. The van der Waals surface area contributed by atoms with Gasteiger partial charge in [0.05, 0.1) is 19.1 Å². The van der Waals surface area contributed by atoms with Crippen molar-refractivity contribution in [3.8, 4) is 5.75 Å². The predicted molar refractivity (Wildman–Crippen MR) is 217 cm³/mol. The van der Waals surface area contributed by atoms with Crippen molar-refractivity contribution in [2.75, 3.05) is 34.3 Å². The Morgan fingerprint density at radius 2 is 1.58 bits per heavy atom. The number of cyclic esters (lactones) is 1. The molecule has 0 bridgehead atoms. The van der Waals surface area contributed by atoms with Gasteiger partial charge in [0.1, 0.15) is 36.0 Å². The summed E-state index contributed by atoms with van der Waals surface area (Å²) in [7, 11) is 4.61. The summed E-state index contributed by atoms with van der Waals surface area (Å²) in [4.78, 5) is 87.4. The molecular formula is C43H69N5O9. The fourth-order valence-corrected chi connectivity index (χ4v) is 7.63. The minimum Gasteiger partial charge on any atom is -0.497 e. The van der Waals surface area contributed by atoms with Gasteiger partial charge in [0.25, 0.3) is 0 Å². The zero-order valence-corrected chi connectivity index (χ0v) is 36.1. The number of nitrogens with one attached hydrogen (secondary N) is 2. The number of rotatable bonds is 5. The van der Waals surface area contributed by atoms with Crippen LogP contribution in [0.2, 0.25) is 0 Å². The summed E-state index contributed by atoms with van der Waals surface area (Å²) < 4.78 is 11.5. The van der Waals surface area contributed by atoms with Gasteiger partial charge in [-0.2, -0.15) is 0 Å². The van der Waals surface area contributed by atoms with Crippen LogP contribution < -0.4 is 15.4 Å². The average Bonchev–Trinajstić information content (AvgIpc) is 3.67. The lowest BCUT2D eigenvalue weighted by atomic mass is 9.81. The van der Waals surface area contributed by atoms with E-state index in [0.29, 0.717) is 44.4 Å². The van der Waals surface area contributed by atoms with E-state index in [1.165, 1.54) is 21.7 Å². The number of likely N-dealkylation sites (N-methyl/N-ethyl adjacent to an activating group) is 2. The number of methoxy groups -OCH3 is 1. The largest absolute Gasteiger partial charge is 0.497 e. The summed E-state index contributed by atoms with van der Waals surface area (Å²) in [5, 5.41) is 16.7. The molecule has 0 radical (unpaired) electrons. The predicted octanol–water partition coefficient (Wildman–Crippen LogP) is 3.71. The van der Waals surface area contributed by atoms with Crippen molar-refractivity contribution in [3.63, 3.8) is 0 Å². The Morgan fingerprint density at radius 3 is 2.18 bits per heavy atom. The Kier molecular flexibility index (Phi) is 17.4. The molecule has 320 valence electrons. The van der Waals surface area contributed by atoms with Gasteiger partial charge in [-0.3, -0.25) is 24.0 Å². The molecule has 0 aliphatic carbocycles. The minimum absolute atomic E-state index is 0.0185. The molecule has 0 spiro atoms. The lowest BCUT2D eigenvalue weighted by molar-refractivity contribution is -0.166. The van der Waals surface area contributed by atoms with Crippen molar-refractivity contribution in [2.24, 2.45) is 23.2 Å². The van der Waals surface area contributed by atoms with E-state index in [1.54, 1.807) is 52.3 Å². The number of benzene rings is 1. The smallest absolute Gasteiger partial charge is 0.329 e. The number of ether oxygens (including phenoxy) is 2. The second-order valence-corrected chi connectivity index (χ2v) is 17.4. The van der Waals surface area contributed by atoms with Crippen molar-refractivity contribution >= 4 is 35.5 Å². The Bertz CT molecular complexity index is 1550. The molecule has 2 aliphatic rings. The molecule has 5 amide bonds. The van der Waals surface area contributed by atoms with Crippen LogP contribution >= 0.6 is 0 Å². The summed E-state index contributed by atoms with van der Waals surface area (Å²) in [6.07, 6.45) is 1.26. The fourth-order valence-electron chi connectivity index (χ4n) is 7.63. The number of carbonyl (C=O) groups excluding carboxylic acids is 6. The Balaban J connectivity index is 2.00. The quantitative estimate of drug-likeness (QED) is 0.375. The first-order chi connectivity index (χ1) is 26.7. The maximum absolute atomic E-state index is 14.5. The number of hydrogen-bond acceptors (Lipinski definition) is 9.